The molecule has 1 saturated heterocycles. The van der Waals surface area contributed by atoms with E-state index in [1.54, 1.807) is 14.0 Å². The Kier molecular flexibility index (Phi) is 3.86. The number of rotatable bonds is 2. The van der Waals surface area contributed by atoms with Crippen LogP contribution >= 0.6 is 11.6 Å². The summed E-state index contributed by atoms with van der Waals surface area (Å²) in [7, 11) is 1.54. The van der Waals surface area contributed by atoms with Gasteiger partial charge < -0.3 is 14.5 Å². The molecule has 1 amide bonds. The minimum atomic E-state index is 0.0994. The Balaban J connectivity index is 2.14. The lowest BCUT2D eigenvalue weighted by Crippen LogP contribution is -2.48. The van der Waals surface area contributed by atoms with Crippen molar-refractivity contribution in [2.24, 2.45) is 0 Å². The predicted octanol–water partition coefficient (Wildman–Crippen LogP) is 0.807. The first-order valence-electron chi connectivity index (χ1n) is 5.68. The minimum Gasteiger partial charge on any atom is -0.490 e. The van der Waals surface area contributed by atoms with Gasteiger partial charge in [-0.25, -0.2) is 9.97 Å². The number of halogens is 1. The number of carbonyl (C=O) groups is 1. The van der Waals surface area contributed by atoms with Crippen LogP contribution in [0.5, 0.6) is 5.75 Å². The van der Waals surface area contributed by atoms with Gasteiger partial charge in [-0.2, -0.15) is 0 Å². The molecule has 1 fully saturated rings. The first-order chi connectivity index (χ1) is 8.63. The lowest BCUT2D eigenvalue weighted by atomic mass is 10.3. The number of hydrogen-bond acceptors (Lipinski definition) is 5. The fourth-order valence-electron chi connectivity index (χ4n) is 1.98. The molecule has 1 aromatic rings. The van der Waals surface area contributed by atoms with Gasteiger partial charge in [0.15, 0.2) is 16.7 Å². The number of hydrogen-bond donors (Lipinski definition) is 0. The summed E-state index contributed by atoms with van der Waals surface area (Å²) in [5, 5.41) is 0.302. The van der Waals surface area contributed by atoms with E-state index >= 15 is 0 Å². The van der Waals surface area contributed by atoms with Gasteiger partial charge in [0.25, 0.3) is 0 Å². The Labute approximate surface area is 111 Å². The highest BCUT2D eigenvalue weighted by Gasteiger charge is 2.23. The quantitative estimate of drug-likeness (QED) is 0.745. The highest BCUT2D eigenvalue weighted by Crippen LogP contribution is 2.31. The third-order valence-electron chi connectivity index (χ3n) is 2.97. The molecule has 6 nitrogen and oxygen atoms in total. The van der Waals surface area contributed by atoms with Gasteiger partial charge in [-0.05, 0) is 0 Å². The summed E-state index contributed by atoms with van der Waals surface area (Å²) < 4.78 is 5.22. The van der Waals surface area contributed by atoms with Gasteiger partial charge in [-0.1, -0.05) is 11.6 Å². The maximum Gasteiger partial charge on any atom is 0.219 e. The van der Waals surface area contributed by atoms with Gasteiger partial charge in [0, 0.05) is 33.1 Å². The minimum absolute atomic E-state index is 0.0994. The van der Waals surface area contributed by atoms with Gasteiger partial charge in [0.1, 0.15) is 6.33 Å². The molecule has 2 rings (SSSR count). The van der Waals surface area contributed by atoms with Crippen molar-refractivity contribution in [2.45, 2.75) is 6.92 Å². The number of amides is 1. The van der Waals surface area contributed by atoms with Gasteiger partial charge >= 0.3 is 0 Å². The molecule has 0 unspecified atom stereocenters. The van der Waals surface area contributed by atoms with Crippen molar-refractivity contribution in [1.82, 2.24) is 14.9 Å². The van der Waals surface area contributed by atoms with Crippen molar-refractivity contribution in [1.29, 1.82) is 0 Å². The van der Waals surface area contributed by atoms with Crippen molar-refractivity contribution in [3.63, 3.8) is 0 Å². The number of methoxy groups -OCH3 is 1. The van der Waals surface area contributed by atoms with E-state index in [2.05, 4.69) is 9.97 Å². The fourth-order valence-corrected chi connectivity index (χ4v) is 2.18. The summed E-state index contributed by atoms with van der Waals surface area (Å²) in [5.74, 6) is 1.26. The van der Waals surface area contributed by atoms with Crippen molar-refractivity contribution < 1.29 is 9.53 Å². The molecule has 0 aromatic carbocycles. The maximum atomic E-state index is 11.3. The second-order valence-electron chi connectivity index (χ2n) is 4.01. The van der Waals surface area contributed by atoms with Gasteiger partial charge in [0.05, 0.1) is 7.11 Å². The molecule has 0 atom stereocenters. The first-order valence-corrected chi connectivity index (χ1v) is 6.06. The fraction of sp³-hybridized carbons (Fsp3) is 0.545. The van der Waals surface area contributed by atoms with Crippen LogP contribution in [-0.4, -0.2) is 54.1 Å². The molecule has 0 N–H and O–H groups in total. The lowest BCUT2D eigenvalue weighted by molar-refractivity contribution is -0.129. The SMILES string of the molecule is COc1c(Cl)ncnc1N1CCN(C(C)=O)CC1. The van der Waals surface area contributed by atoms with E-state index in [1.165, 1.54) is 6.33 Å². The topological polar surface area (TPSA) is 58.6 Å². The van der Waals surface area contributed by atoms with Crippen LogP contribution in [0.3, 0.4) is 0 Å². The zero-order valence-electron chi connectivity index (χ0n) is 10.4. The second-order valence-corrected chi connectivity index (χ2v) is 4.37. The molecule has 7 heteroatoms. The van der Waals surface area contributed by atoms with Crippen molar-refractivity contribution >= 4 is 23.3 Å². The Bertz CT molecular complexity index is 447. The van der Waals surface area contributed by atoms with Gasteiger partial charge in [-0.3, -0.25) is 4.79 Å². The monoisotopic (exact) mass is 270 g/mol. The Morgan fingerprint density at radius 2 is 2.00 bits per heavy atom. The summed E-state index contributed by atoms with van der Waals surface area (Å²) in [4.78, 5) is 23.2. The highest BCUT2D eigenvalue weighted by atomic mass is 35.5. The zero-order valence-corrected chi connectivity index (χ0v) is 11.1. The number of piperazine rings is 1. The van der Waals surface area contributed by atoms with Crippen LogP contribution in [0.15, 0.2) is 6.33 Å². The third kappa shape index (κ3) is 2.48. The molecule has 0 spiro atoms. The number of nitrogens with zero attached hydrogens (tertiary/aromatic N) is 4. The number of ether oxygens (including phenoxy) is 1. The van der Waals surface area contributed by atoms with E-state index in [4.69, 9.17) is 16.3 Å². The Morgan fingerprint density at radius 1 is 1.33 bits per heavy atom. The maximum absolute atomic E-state index is 11.3. The number of carbonyl (C=O) groups excluding carboxylic acids is 1. The van der Waals surface area contributed by atoms with Crippen molar-refractivity contribution in [3.8, 4) is 5.75 Å². The van der Waals surface area contributed by atoms with E-state index in [9.17, 15) is 4.79 Å². The van der Waals surface area contributed by atoms with Crippen LogP contribution in [0.1, 0.15) is 6.92 Å². The average molecular weight is 271 g/mol. The molecule has 0 radical (unpaired) electrons. The van der Waals surface area contributed by atoms with E-state index in [1.807, 2.05) is 9.80 Å². The van der Waals surface area contributed by atoms with E-state index in [-0.39, 0.29) is 5.91 Å². The molecular weight excluding hydrogens is 256 g/mol. The van der Waals surface area contributed by atoms with Crippen LogP contribution in [0.2, 0.25) is 5.15 Å². The van der Waals surface area contributed by atoms with Crippen molar-refractivity contribution in [3.05, 3.63) is 11.5 Å². The molecule has 0 saturated carbocycles. The highest BCUT2D eigenvalue weighted by molar-refractivity contribution is 6.31. The molecule has 0 bridgehead atoms. The van der Waals surface area contributed by atoms with Crippen LogP contribution in [0, 0.1) is 0 Å². The molecule has 1 aliphatic rings. The lowest BCUT2D eigenvalue weighted by Gasteiger charge is -2.35. The normalized spacial score (nSPS) is 15.7. The Morgan fingerprint density at radius 3 is 2.56 bits per heavy atom. The standard InChI is InChI=1S/C11H15ClN4O2/c1-8(17)15-3-5-16(6-4-15)11-9(18-2)10(12)13-7-14-11/h7H,3-6H2,1-2H3. The molecule has 18 heavy (non-hydrogen) atoms. The van der Waals surface area contributed by atoms with Crippen LogP contribution in [0.4, 0.5) is 5.82 Å². The van der Waals surface area contributed by atoms with E-state index in [0.29, 0.717) is 42.9 Å². The molecule has 0 aliphatic carbocycles. The van der Waals surface area contributed by atoms with Crippen molar-refractivity contribution in [2.75, 3.05) is 38.2 Å². The first kappa shape index (κ1) is 12.9. The zero-order chi connectivity index (χ0) is 13.1. The average Bonchev–Trinajstić information content (AvgIpc) is 2.38. The summed E-state index contributed by atoms with van der Waals surface area (Å²) in [5.41, 5.74) is 0. The molecular formula is C11H15ClN4O2. The molecule has 1 aliphatic heterocycles. The van der Waals surface area contributed by atoms with Crippen LogP contribution in [0.25, 0.3) is 0 Å². The Hall–Kier alpha value is -1.56. The molecule has 1 aromatic heterocycles. The predicted molar refractivity (Wildman–Crippen MR) is 68.1 cm³/mol. The van der Waals surface area contributed by atoms with E-state index < -0.39 is 0 Å². The number of anilines is 1. The second kappa shape index (κ2) is 5.39. The molecule has 98 valence electrons. The van der Waals surface area contributed by atoms with Crippen LogP contribution in [-0.2, 0) is 4.79 Å². The smallest absolute Gasteiger partial charge is 0.219 e. The largest absolute Gasteiger partial charge is 0.490 e. The number of aromatic nitrogens is 2. The summed E-state index contributed by atoms with van der Waals surface area (Å²) in [6.45, 7) is 4.37. The van der Waals surface area contributed by atoms with Crippen LogP contribution < -0.4 is 9.64 Å². The third-order valence-corrected chi connectivity index (χ3v) is 3.24. The summed E-state index contributed by atoms with van der Waals surface area (Å²) >= 11 is 5.96. The van der Waals surface area contributed by atoms with Gasteiger partial charge in [-0.15, -0.1) is 0 Å². The summed E-state index contributed by atoms with van der Waals surface area (Å²) in [6, 6.07) is 0. The van der Waals surface area contributed by atoms with E-state index in [0.717, 1.165) is 0 Å². The summed E-state index contributed by atoms with van der Waals surface area (Å²) in [6.07, 6.45) is 1.41. The molecule has 2 heterocycles. The van der Waals surface area contributed by atoms with Gasteiger partial charge in [0.2, 0.25) is 5.91 Å².